The zero-order chi connectivity index (χ0) is 15.5. The summed E-state index contributed by atoms with van der Waals surface area (Å²) >= 11 is 0. The minimum atomic E-state index is -3.58. The van der Waals surface area contributed by atoms with Crippen LogP contribution in [-0.2, 0) is 16.8 Å². The average Bonchev–Trinajstić information content (AvgIpc) is 2.35. The fraction of sp³-hybridized carbons (Fsp3) is 0.600. The maximum Gasteiger partial charge on any atom is 0.274 e. The molecule has 5 nitrogen and oxygen atoms in total. The summed E-state index contributed by atoms with van der Waals surface area (Å²) in [5.41, 5.74) is 3.90. The van der Waals surface area contributed by atoms with E-state index in [-0.39, 0.29) is 0 Å². The molecule has 21 heavy (non-hydrogen) atoms. The predicted octanol–water partition coefficient (Wildman–Crippen LogP) is 1.31. The van der Waals surface area contributed by atoms with Crippen molar-refractivity contribution in [3.63, 3.8) is 0 Å². The van der Waals surface area contributed by atoms with E-state index in [0.717, 1.165) is 32.5 Å². The van der Waals surface area contributed by atoms with Crippen molar-refractivity contribution in [3.8, 4) is 0 Å². The van der Waals surface area contributed by atoms with Crippen molar-refractivity contribution in [3.05, 3.63) is 34.9 Å². The second-order valence-electron chi connectivity index (χ2n) is 6.13. The number of nitrogens with two attached hydrogens (primary N) is 1. The zero-order valence-corrected chi connectivity index (χ0v) is 13.6. The first-order valence-electron chi connectivity index (χ1n) is 7.39. The van der Waals surface area contributed by atoms with Gasteiger partial charge in [-0.25, -0.2) is 9.86 Å². The lowest BCUT2D eigenvalue weighted by atomic mass is 9.97. The van der Waals surface area contributed by atoms with Crippen LogP contribution in [0.15, 0.2) is 18.2 Å². The van der Waals surface area contributed by atoms with Crippen molar-refractivity contribution in [1.29, 1.82) is 0 Å². The Morgan fingerprint density at radius 2 is 1.95 bits per heavy atom. The second-order valence-corrected chi connectivity index (χ2v) is 7.51. The summed E-state index contributed by atoms with van der Waals surface area (Å²) in [6, 6.07) is 6.62. The molecule has 0 bridgehead atoms. The van der Waals surface area contributed by atoms with Crippen molar-refractivity contribution in [2.24, 2.45) is 11.1 Å². The van der Waals surface area contributed by atoms with E-state index >= 15 is 0 Å². The fourth-order valence-electron chi connectivity index (χ4n) is 3.11. The molecular weight excluding hydrogens is 286 g/mol. The van der Waals surface area contributed by atoms with Gasteiger partial charge in [-0.1, -0.05) is 29.3 Å². The smallest absolute Gasteiger partial charge is 0.274 e. The quantitative estimate of drug-likeness (QED) is 0.861. The Labute approximate surface area is 127 Å². The van der Waals surface area contributed by atoms with Crippen LogP contribution in [-0.4, -0.2) is 33.0 Å². The highest BCUT2D eigenvalue weighted by Crippen LogP contribution is 2.19. The first kappa shape index (κ1) is 16.4. The van der Waals surface area contributed by atoms with Crippen LogP contribution in [0.5, 0.6) is 0 Å². The van der Waals surface area contributed by atoms with Gasteiger partial charge in [-0.2, -0.15) is 8.42 Å². The third-order valence-electron chi connectivity index (χ3n) is 3.86. The molecule has 0 amide bonds. The van der Waals surface area contributed by atoms with Crippen LogP contribution in [0.4, 0.5) is 0 Å². The lowest BCUT2D eigenvalue weighted by Gasteiger charge is -2.32. The SMILES string of the molecule is Cc1cc(C)cc(CN2CCCC(CNS(N)(=O)=O)C2)c1. The van der Waals surface area contributed by atoms with Gasteiger partial charge in [0.05, 0.1) is 0 Å². The monoisotopic (exact) mass is 311 g/mol. The molecule has 1 aromatic carbocycles. The number of benzene rings is 1. The molecule has 2 rings (SSSR count). The van der Waals surface area contributed by atoms with Crippen LogP contribution >= 0.6 is 0 Å². The van der Waals surface area contributed by atoms with Gasteiger partial charge in [0.15, 0.2) is 0 Å². The van der Waals surface area contributed by atoms with Crippen LogP contribution in [0, 0.1) is 19.8 Å². The Morgan fingerprint density at radius 1 is 1.29 bits per heavy atom. The Bertz CT molecular complexity index is 566. The first-order chi connectivity index (χ1) is 9.82. The number of piperidine rings is 1. The van der Waals surface area contributed by atoms with E-state index < -0.39 is 10.2 Å². The van der Waals surface area contributed by atoms with Gasteiger partial charge in [-0.3, -0.25) is 4.90 Å². The number of rotatable bonds is 5. The summed E-state index contributed by atoms with van der Waals surface area (Å²) in [6.07, 6.45) is 2.15. The average molecular weight is 311 g/mol. The molecule has 6 heteroatoms. The Hall–Kier alpha value is -0.950. The number of aryl methyl sites for hydroxylation is 2. The Kier molecular flexibility index (Phi) is 5.37. The first-order valence-corrected chi connectivity index (χ1v) is 8.93. The fourth-order valence-corrected chi connectivity index (χ4v) is 3.58. The maximum absolute atomic E-state index is 11.0. The number of likely N-dealkylation sites (tertiary alicyclic amines) is 1. The molecule has 1 aliphatic heterocycles. The van der Waals surface area contributed by atoms with Crippen LogP contribution in [0.25, 0.3) is 0 Å². The topological polar surface area (TPSA) is 75.4 Å². The van der Waals surface area contributed by atoms with Gasteiger partial charge in [0.1, 0.15) is 0 Å². The summed E-state index contributed by atoms with van der Waals surface area (Å²) < 4.78 is 24.4. The van der Waals surface area contributed by atoms with E-state index in [1.165, 1.54) is 16.7 Å². The van der Waals surface area contributed by atoms with Crippen molar-refractivity contribution in [1.82, 2.24) is 9.62 Å². The molecule has 1 heterocycles. The van der Waals surface area contributed by atoms with Gasteiger partial charge in [-0.05, 0) is 44.7 Å². The van der Waals surface area contributed by atoms with Crippen molar-refractivity contribution in [2.45, 2.75) is 33.2 Å². The predicted molar refractivity (Wildman–Crippen MR) is 85.0 cm³/mol. The van der Waals surface area contributed by atoms with Crippen LogP contribution < -0.4 is 9.86 Å². The minimum Gasteiger partial charge on any atom is -0.299 e. The highest BCUT2D eigenvalue weighted by Gasteiger charge is 2.21. The van der Waals surface area contributed by atoms with E-state index in [4.69, 9.17) is 5.14 Å². The molecule has 1 fully saturated rings. The molecule has 3 N–H and O–H groups in total. The van der Waals surface area contributed by atoms with Gasteiger partial charge < -0.3 is 0 Å². The lowest BCUT2D eigenvalue weighted by molar-refractivity contribution is 0.169. The van der Waals surface area contributed by atoms with Gasteiger partial charge >= 0.3 is 0 Å². The van der Waals surface area contributed by atoms with Crippen molar-refractivity contribution >= 4 is 10.2 Å². The third kappa shape index (κ3) is 5.74. The molecule has 1 aromatic rings. The molecule has 0 saturated carbocycles. The molecule has 1 unspecified atom stereocenters. The van der Waals surface area contributed by atoms with Gasteiger partial charge in [0.25, 0.3) is 10.2 Å². The van der Waals surface area contributed by atoms with E-state index in [2.05, 4.69) is 41.7 Å². The second kappa shape index (κ2) is 6.87. The number of nitrogens with zero attached hydrogens (tertiary/aromatic N) is 1. The van der Waals surface area contributed by atoms with Crippen LogP contribution in [0.1, 0.15) is 29.5 Å². The molecule has 0 aromatic heterocycles. The largest absolute Gasteiger partial charge is 0.299 e. The molecule has 1 saturated heterocycles. The van der Waals surface area contributed by atoms with Gasteiger partial charge in [0.2, 0.25) is 0 Å². The molecule has 0 aliphatic carbocycles. The van der Waals surface area contributed by atoms with Crippen molar-refractivity contribution in [2.75, 3.05) is 19.6 Å². The summed E-state index contributed by atoms with van der Waals surface area (Å²) in [4.78, 5) is 2.40. The molecule has 0 spiro atoms. The highest BCUT2D eigenvalue weighted by atomic mass is 32.2. The molecule has 0 radical (unpaired) electrons. The molecule has 118 valence electrons. The van der Waals surface area contributed by atoms with E-state index in [9.17, 15) is 8.42 Å². The van der Waals surface area contributed by atoms with E-state index in [1.807, 2.05) is 0 Å². The molecule has 1 atom stereocenters. The number of hydrogen-bond donors (Lipinski definition) is 2. The lowest BCUT2D eigenvalue weighted by Crippen LogP contribution is -2.42. The summed E-state index contributed by atoms with van der Waals surface area (Å²) in [5.74, 6) is 0.336. The Morgan fingerprint density at radius 3 is 2.57 bits per heavy atom. The molecule has 1 aliphatic rings. The van der Waals surface area contributed by atoms with Crippen LogP contribution in [0.3, 0.4) is 0 Å². The van der Waals surface area contributed by atoms with Gasteiger partial charge in [0, 0.05) is 19.6 Å². The summed E-state index contributed by atoms with van der Waals surface area (Å²) in [5, 5.41) is 4.99. The van der Waals surface area contributed by atoms with E-state index in [1.54, 1.807) is 0 Å². The van der Waals surface area contributed by atoms with Gasteiger partial charge in [-0.15, -0.1) is 0 Å². The molecular formula is C15H25N3O2S. The standard InChI is InChI=1S/C15H25N3O2S/c1-12-6-13(2)8-15(7-12)11-18-5-3-4-14(10-18)9-17-21(16,19)20/h6-8,14,17H,3-5,9-11H2,1-2H3,(H2,16,19,20). The maximum atomic E-state index is 11.0. The normalized spacial score (nSPS) is 20.6. The zero-order valence-electron chi connectivity index (χ0n) is 12.8. The number of hydrogen-bond acceptors (Lipinski definition) is 3. The van der Waals surface area contributed by atoms with Crippen molar-refractivity contribution < 1.29 is 8.42 Å². The Balaban J connectivity index is 1.91. The number of nitrogens with one attached hydrogen (secondary N) is 1. The highest BCUT2D eigenvalue weighted by molar-refractivity contribution is 7.87. The summed E-state index contributed by atoms with van der Waals surface area (Å²) in [7, 11) is -3.58. The van der Waals surface area contributed by atoms with E-state index in [0.29, 0.717) is 12.5 Å². The summed E-state index contributed by atoms with van der Waals surface area (Å²) in [6.45, 7) is 7.57. The van der Waals surface area contributed by atoms with Crippen LogP contribution in [0.2, 0.25) is 0 Å². The third-order valence-corrected chi connectivity index (χ3v) is 4.43. The minimum absolute atomic E-state index is 0.336.